The van der Waals surface area contributed by atoms with Gasteiger partial charge in [0.25, 0.3) is 0 Å². The Morgan fingerprint density at radius 2 is 0.391 bits per heavy atom. The highest BCUT2D eigenvalue weighted by molar-refractivity contribution is 6.28. The summed E-state index contributed by atoms with van der Waals surface area (Å²) in [6, 6.07) is 161. The summed E-state index contributed by atoms with van der Waals surface area (Å²) < 4.78 is 39.6. The minimum absolute atomic E-state index is 0.772. The summed E-state index contributed by atoms with van der Waals surface area (Å²) in [6.45, 7) is 0. The number of hydrogen-bond donors (Lipinski definition) is 0. The zero-order valence-corrected chi connectivity index (χ0v) is 69.5. The standard InChI is InChI=1S/C66H42O2.C34H22O2.C22H14O2/c1-5-21-47(22-6-1)58-61-57(49-39-35-45(36-40-49)55-33-17-29-43-19-13-15-31-53(43)55)62-59(48-23-7-2-8-24-48)64(52-27-11-4-12-28-52)68-66(62)60(65(61)67-63(58)51-25-9-3-10-26-51)50-41-37-46(38-42-50)56-34-18-30-44-20-14-16-32-54(44)56;1-5-13-23(14-6-1)31-27-21-28-30(22-29(27)35-33(31)25-17-9-3-10-18-25)36-34(26-19-11-4-12-20-26)32(28)24-15-7-2-8-16-24;1-3-7-15(8-4-1)19-13-23-21-12-22-18(11-17(19)21)20(14-24-22)16-9-5-2-6-10-16/h1-42H;1-22H;1-14H. The molecule has 0 N–H and O–H groups in total. The normalized spacial score (nSPS) is 11.4. The van der Waals surface area contributed by atoms with Gasteiger partial charge in [-0.2, -0.15) is 0 Å². The molecule has 0 spiro atoms. The molecule has 6 heteroatoms. The van der Waals surface area contributed by atoms with Gasteiger partial charge in [-0.05, 0) is 100 Å². The molecular weight excluding hydrogens is 1560 g/mol. The van der Waals surface area contributed by atoms with E-state index in [1.807, 2.05) is 110 Å². The highest BCUT2D eigenvalue weighted by Crippen LogP contribution is 2.58. The van der Waals surface area contributed by atoms with Gasteiger partial charge >= 0.3 is 0 Å². The van der Waals surface area contributed by atoms with Crippen molar-refractivity contribution in [3.8, 4) is 157 Å². The van der Waals surface area contributed by atoms with Crippen LogP contribution in [-0.4, -0.2) is 0 Å². The lowest BCUT2D eigenvalue weighted by Gasteiger charge is -2.15. The number of rotatable bonds is 14. The van der Waals surface area contributed by atoms with Crippen molar-refractivity contribution in [3.63, 3.8) is 0 Å². The lowest BCUT2D eigenvalue weighted by atomic mass is 9.85. The second kappa shape index (κ2) is 33.0. The van der Waals surface area contributed by atoms with E-state index in [1.165, 1.54) is 32.7 Å². The molecule has 0 saturated heterocycles. The molecule has 25 aromatic rings. The van der Waals surface area contributed by atoms with Crippen molar-refractivity contribution in [1.29, 1.82) is 0 Å². The van der Waals surface area contributed by atoms with Gasteiger partial charge in [0.15, 0.2) is 0 Å². The number of fused-ring (bicyclic) bond motifs is 8. The van der Waals surface area contributed by atoms with Gasteiger partial charge in [0.2, 0.25) is 0 Å². The van der Waals surface area contributed by atoms with E-state index in [0.717, 1.165) is 211 Å². The van der Waals surface area contributed by atoms with E-state index in [0.29, 0.717) is 0 Å². The van der Waals surface area contributed by atoms with Gasteiger partial charge in [-0.15, -0.1) is 0 Å². The fourth-order valence-electron chi connectivity index (χ4n) is 18.7. The molecule has 0 aliphatic carbocycles. The Kier molecular flexibility index (Phi) is 19.5. The Morgan fingerprint density at radius 3 is 0.742 bits per heavy atom. The molecule has 25 rings (SSSR count). The van der Waals surface area contributed by atoms with E-state index in [-0.39, 0.29) is 0 Å². The van der Waals surface area contributed by atoms with Crippen molar-refractivity contribution in [3.05, 3.63) is 474 Å². The van der Waals surface area contributed by atoms with Crippen LogP contribution in [-0.2, 0) is 0 Å². The molecule has 0 bridgehead atoms. The van der Waals surface area contributed by atoms with E-state index in [4.69, 9.17) is 26.5 Å². The van der Waals surface area contributed by atoms with Crippen LogP contribution >= 0.6 is 0 Å². The minimum atomic E-state index is 0.772. The van der Waals surface area contributed by atoms with Crippen LogP contribution in [0.25, 0.3) is 244 Å². The molecule has 6 aromatic heterocycles. The maximum absolute atomic E-state index is 7.51. The Labute approximate surface area is 739 Å². The topological polar surface area (TPSA) is 78.8 Å². The number of hydrogen-bond acceptors (Lipinski definition) is 6. The van der Waals surface area contributed by atoms with Crippen LogP contribution in [0.5, 0.6) is 0 Å². The first kappa shape index (κ1) is 75.9. The molecule has 6 nitrogen and oxygen atoms in total. The summed E-state index contributed by atoms with van der Waals surface area (Å²) in [5, 5.41) is 11.3. The predicted molar refractivity (Wildman–Crippen MR) is 529 cm³/mol. The third-order valence-corrected chi connectivity index (χ3v) is 24.7. The molecule has 0 saturated carbocycles. The van der Waals surface area contributed by atoms with Crippen LogP contribution in [0.2, 0.25) is 0 Å². The van der Waals surface area contributed by atoms with Crippen molar-refractivity contribution in [1.82, 2.24) is 0 Å². The van der Waals surface area contributed by atoms with E-state index in [9.17, 15) is 0 Å². The van der Waals surface area contributed by atoms with Crippen LogP contribution < -0.4 is 0 Å². The van der Waals surface area contributed by atoms with E-state index in [2.05, 4.69) is 364 Å². The Hall–Kier alpha value is -17.1. The quantitative estimate of drug-likeness (QED) is 0.108. The number of furan rings is 6. The average Bonchev–Trinajstić information content (AvgIpc) is 1.53. The predicted octanol–water partition coefficient (Wildman–Crippen LogP) is 35.2. The molecule has 0 radical (unpaired) electrons. The molecule has 6 heterocycles. The summed E-state index contributed by atoms with van der Waals surface area (Å²) in [7, 11) is 0. The van der Waals surface area contributed by atoms with Crippen LogP contribution in [0.15, 0.2) is 500 Å². The van der Waals surface area contributed by atoms with Gasteiger partial charge in [0.1, 0.15) is 56.5 Å². The second-order valence-corrected chi connectivity index (χ2v) is 32.2. The first-order chi connectivity index (χ1) is 63.5. The van der Waals surface area contributed by atoms with Crippen molar-refractivity contribution in [2.24, 2.45) is 0 Å². The van der Waals surface area contributed by atoms with Crippen molar-refractivity contribution in [2.75, 3.05) is 0 Å². The molecule has 128 heavy (non-hydrogen) atoms. The molecule has 0 aliphatic heterocycles. The summed E-state index contributed by atoms with van der Waals surface area (Å²) in [5.74, 6) is 3.36. The average molecular weight is 1640 g/mol. The van der Waals surface area contributed by atoms with Gasteiger partial charge in [-0.25, -0.2) is 0 Å². The zero-order valence-electron chi connectivity index (χ0n) is 69.5. The molecule has 0 atom stereocenters. The molecular formula is C122H78O6. The van der Waals surface area contributed by atoms with E-state index < -0.39 is 0 Å². The van der Waals surface area contributed by atoms with Crippen LogP contribution in [0.3, 0.4) is 0 Å². The Bertz CT molecular complexity index is 7950. The lowest BCUT2D eigenvalue weighted by molar-refractivity contribution is 0.605. The minimum Gasteiger partial charge on any atom is -0.464 e. The summed E-state index contributed by atoms with van der Waals surface area (Å²) in [4.78, 5) is 0. The molecule has 0 unspecified atom stereocenters. The first-order valence-corrected chi connectivity index (χ1v) is 43.3. The lowest BCUT2D eigenvalue weighted by Crippen LogP contribution is -1.91. The zero-order chi connectivity index (χ0) is 84.8. The van der Waals surface area contributed by atoms with Crippen LogP contribution in [0.4, 0.5) is 0 Å². The third kappa shape index (κ3) is 13.8. The van der Waals surface area contributed by atoms with Gasteiger partial charge < -0.3 is 26.5 Å². The highest BCUT2D eigenvalue weighted by Gasteiger charge is 2.34. The first-order valence-electron chi connectivity index (χ1n) is 43.3. The van der Waals surface area contributed by atoms with Gasteiger partial charge in [0.05, 0.1) is 18.1 Å². The maximum Gasteiger partial charge on any atom is 0.147 e. The van der Waals surface area contributed by atoms with Crippen molar-refractivity contribution >= 4 is 87.4 Å². The second-order valence-electron chi connectivity index (χ2n) is 32.2. The maximum atomic E-state index is 7.51. The van der Waals surface area contributed by atoms with E-state index in [1.54, 1.807) is 0 Å². The molecule has 0 amide bonds. The van der Waals surface area contributed by atoms with Crippen LogP contribution in [0, 0.1) is 0 Å². The smallest absolute Gasteiger partial charge is 0.147 e. The summed E-state index contributed by atoms with van der Waals surface area (Å²) in [5.41, 5.74) is 30.9. The monoisotopic (exact) mass is 1640 g/mol. The van der Waals surface area contributed by atoms with Crippen LogP contribution in [0.1, 0.15) is 0 Å². The van der Waals surface area contributed by atoms with Crippen molar-refractivity contribution < 1.29 is 26.5 Å². The SMILES string of the molecule is c1ccc(-c2coc3cc4occ(-c5ccccc5)c4cc23)cc1.c1ccc(-c2oc3c(-c4ccc(-c5cccc6ccccc56)cc4)c4oc(-c5ccccc5)c(-c5ccccc5)c4c(-c4ccc(-c5cccc6ccccc56)cc4)c3c2-c2ccccc2)cc1.c1ccc(-c2oc3cc4oc(-c5ccccc5)c(-c5ccccc5)c4cc3c2-c2ccccc2)cc1. The van der Waals surface area contributed by atoms with Crippen molar-refractivity contribution in [2.45, 2.75) is 0 Å². The molecule has 0 aliphatic rings. The van der Waals surface area contributed by atoms with E-state index >= 15 is 0 Å². The molecule has 0 fully saturated rings. The number of benzene rings is 19. The summed E-state index contributed by atoms with van der Waals surface area (Å²) >= 11 is 0. The largest absolute Gasteiger partial charge is 0.464 e. The third-order valence-electron chi connectivity index (χ3n) is 24.7. The van der Waals surface area contributed by atoms with Gasteiger partial charge in [-0.3, -0.25) is 0 Å². The Morgan fingerprint density at radius 1 is 0.141 bits per heavy atom. The fourth-order valence-corrected chi connectivity index (χ4v) is 18.7. The summed E-state index contributed by atoms with van der Waals surface area (Å²) in [6.07, 6.45) is 3.64. The Balaban J connectivity index is 0.000000129. The molecule has 19 aromatic carbocycles. The highest BCUT2D eigenvalue weighted by atomic mass is 16.4. The molecule has 602 valence electrons. The van der Waals surface area contributed by atoms with Gasteiger partial charge in [0, 0.05) is 106 Å². The fraction of sp³-hybridized carbons (Fsp3) is 0. The van der Waals surface area contributed by atoms with Gasteiger partial charge in [-0.1, -0.05) is 437 Å².